The van der Waals surface area contributed by atoms with Crippen LogP contribution in [0.5, 0.6) is 0 Å². The zero-order chi connectivity index (χ0) is 42.6. The summed E-state index contributed by atoms with van der Waals surface area (Å²) in [5, 5.41) is 7.53. The summed E-state index contributed by atoms with van der Waals surface area (Å²) >= 11 is 0. The first-order valence-electron chi connectivity index (χ1n) is 23.2. The highest BCUT2D eigenvalue weighted by atomic mass is 15.1. The third-order valence-electron chi connectivity index (χ3n) is 15.1. The highest BCUT2D eigenvalue weighted by Crippen LogP contribution is 2.66. The van der Waals surface area contributed by atoms with Crippen molar-refractivity contribution in [3.8, 4) is 16.8 Å². The molecule has 4 aliphatic rings. The van der Waals surface area contributed by atoms with Gasteiger partial charge in [0.2, 0.25) is 0 Å². The summed E-state index contributed by atoms with van der Waals surface area (Å²) in [4.78, 5) is 2.50. The van der Waals surface area contributed by atoms with E-state index in [2.05, 4.69) is 234 Å². The van der Waals surface area contributed by atoms with Gasteiger partial charge in [0, 0.05) is 44.5 Å². The van der Waals surface area contributed by atoms with Crippen molar-refractivity contribution >= 4 is 66.0 Å². The molecule has 306 valence electrons. The molecule has 2 nitrogen and oxygen atoms in total. The quantitative estimate of drug-likeness (QED) is 0.168. The molecule has 0 saturated carbocycles. The first-order valence-corrected chi connectivity index (χ1v) is 23.2. The molecule has 0 amide bonds. The zero-order valence-corrected chi connectivity index (χ0v) is 36.0. The number of rotatable bonds is 5. The molecular formula is C63H44N2. The minimum absolute atomic E-state index is 0.274. The number of nitrogens with zero attached hydrogens (tertiary/aromatic N) is 2. The maximum absolute atomic E-state index is 2.55. The average molecular weight is 829 g/mol. The van der Waals surface area contributed by atoms with Gasteiger partial charge < -0.3 is 9.47 Å². The first kappa shape index (κ1) is 36.5. The summed E-state index contributed by atoms with van der Waals surface area (Å²) < 4.78 is 2.44. The Morgan fingerprint density at radius 2 is 1.25 bits per heavy atom. The Bertz CT molecular complexity index is 3740. The lowest BCUT2D eigenvalue weighted by molar-refractivity contribution is 0.662. The lowest BCUT2D eigenvalue weighted by Gasteiger charge is -2.36. The van der Waals surface area contributed by atoms with Crippen molar-refractivity contribution in [3.63, 3.8) is 0 Å². The van der Waals surface area contributed by atoms with Crippen LogP contribution in [0.3, 0.4) is 0 Å². The molecule has 0 aliphatic heterocycles. The molecule has 0 bridgehead atoms. The van der Waals surface area contributed by atoms with Crippen molar-refractivity contribution < 1.29 is 0 Å². The average Bonchev–Trinajstić information content (AvgIpc) is 3.99. The predicted octanol–water partition coefficient (Wildman–Crippen LogP) is 16.6. The van der Waals surface area contributed by atoms with Crippen LogP contribution in [0.1, 0.15) is 47.4 Å². The lowest BCUT2D eigenvalue weighted by atomic mass is 9.66. The van der Waals surface area contributed by atoms with E-state index in [4.69, 9.17) is 0 Å². The number of benzene rings is 9. The Balaban J connectivity index is 0.904. The molecule has 0 saturated heterocycles. The van der Waals surface area contributed by atoms with Crippen molar-refractivity contribution in [1.82, 2.24) is 4.57 Å². The van der Waals surface area contributed by atoms with Crippen LogP contribution in [0.2, 0.25) is 0 Å². The second-order valence-electron chi connectivity index (χ2n) is 18.2. The number of anilines is 3. The maximum Gasteiger partial charge on any atom is 0.0649 e. The Hall–Kier alpha value is -7.94. The summed E-state index contributed by atoms with van der Waals surface area (Å²) in [5.74, 6) is 0.392. The first-order chi connectivity index (χ1) is 32.3. The molecule has 0 fully saturated rings. The van der Waals surface area contributed by atoms with Crippen LogP contribution >= 0.6 is 0 Å². The van der Waals surface area contributed by atoms with Gasteiger partial charge in [-0.05, 0) is 129 Å². The Morgan fingerprint density at radius 3 is 2.11 bits per heavy atom. The summed E-state index contributed by atoms with van der Waals surface area (Å²) in [5.41, 5.74) is 19.5. The van der Waals surface area contributed by atoms with Crippen LogP contribution < -0.4 is 4.90 Å². The van der Waals surface area contributed by atoms with Crippen LogP contribution in [0.4, 0.5) is 17.1 Å². The monoisotopic (exact) mass is 828 g/mol. The van der Waals surface area contributed by atoms with E-state index in [9.17, 15) is 0 Å². The molecular weight excluding hydrogens is 785 g/mol. The third-order valence-corrected chi connectivity index (χ3v) is 15.1. The SMILES string of the molecule is C1=CCC2C(=C1)C1(C3=C(C=CCC3)c3ccc(N(c4ccc(-c5ccc(-n6c7ccccc7c7ccc8ccccc8c76)cc5)cc4)c4cccc5ccccc45)cc31)c1ccccc12. The van der Waals surface area contributed by atoms with Crippen LogP contribution in [0.25, 0.3) is 65.7 Å². The maximum atomic E-state index is 2.55. The number of hydrogen-bond donors (Lipinski definition) is 0. The second kappa shape index (κ2) is 14.0. The van der Waals surface area contributed by atoms with E-state index in [0.717, 1.165) is 30.6 Å². The van der Waals surface area contributed by atoms with Crippen molar-refractivity contribution in [3.05, 3.63) is 258 Å². The van der Waals surface area contributed by atoms with Gasteiger partial charge in [0.25, 0.3) is 0 Å². The highest BCUT2D eigenvalue weighted by molar-refractivity contribution is 6.18. The molecule has 2 heteroatoms. The van der Waals surface area contributed by atoms with E-state index < -0.39 is 0 Å². The molecule has 2 atom stereocenters. The van der Waals surface area contributed by atoms with Crippen molar-refractivity contribution in [2.75, 3.05) is 4.90 Å². The van der Waals surface area contributed by atoms with Gasteiger partial charge >= 0.3 is 0 Å². The fraction of sp³-hybridized carbons (Fsp3) is 0.0794. The summed E-state index contributed by atoms with van der Waals surface area (Å²) in [6.45, 7) is 0. The molecule has 1 heterocycles. The Kier molecular flexibility index (Phi) is 7.89. The van der Waals surface area contributed by atoms with E-state index >= 15 is 0 Å². The van der Waals surface area contributed by atoms with Crippen molar-refractivity contribution in [2.24, 2.45) is 0 Å². The third kappa shape index (κ3) is 5.17. The van der Waals surface area contributed by atoms with Gasteiger partial charge in [-0.1, -0.05) is 176 Å². The normalized spacial score (nSPS) is 18.1. The Morgan fingerprint density at radius 1 is 0.538 bits per heavy atom. The molecule has 4 aliphatic carbocycles. The lowest BCUT2D eigenvalue weighted by Crippen LogP contribution is -2.29. The van der Waals surface area contributed by atoms with E-state index in [1.54, 1.807) is 11.1 Å². The van der Waals surface area contributed by atoms with Gasteiger partial charge in [-0.15, -0.1) is 0 Å². The van der Waals surface area contributed by atoms with Crippen LogP contribution in [0.15, 0.2) is 236 Å². The second-order valence-corrected chi connectivity index (χ2v) is 18.2. The van der Waals surface area contributed by atoms with Crippen LogP contribution in [-0.4, -0.2) is 4.57 Å². The molecule has 0 radical (unpaired) electrons. The summed E-state index contributed by atoms with van der Waals surface area (Å²) in [7, 11) is 0. The van der Waals surface area contributed by atoms with E-state index in [1.807, 2.05) is 0 Å². The van der Waals surface area contributed by atoms with Gasteiger partial charge in [0.1, 0.15) is 0 Å². The van der Waals surface area contributed by atoms with Crippen molar-refractivity contribution in [2.45, 2.75) is 30.6 Å². The molecule has 2 unspecified atom stereocenters. The highest BCUT2D eigenvalue weighted by Gasteiger charge is 2.55. The minimum Gasteiger partial charge on any atom is -0.310 e. The topological polar surface area (TPSA) is 8.17 Å². The smallest absolute Gasteiger partial charge is 0.0649 e. The van der Waals surface area contributed by atoms with E-state index in [0.29, 0.717) is 5.92 Å². The van der Waals surface area contributed by atoms with Crippen LogP contribution in [0, 0.1) is 0 Å². The van der Waals surface area contributed by atoms with Crippen molar-refractivity contribution in [1.29, 1.82) is 0 Å². The van der Waals surface area contributed by atoms with Gasteiger partial charge in [0.05, 0.1) is 22.1 Å². The minimum atomic E-state index is -0.274. The number of fused-ring (bicyclic) bond motifs is 15. The number of hydrogen-bond acceptors (Lipinski definition) is 1. The molecule has 1 aromatic heterocycles. The van der Waals surface area contributed by atoms with Gasteiger partial charge in [0.15, 0.2) is 0 Å². The number of aromatic nitrogens is 1. The van der Waals surface area contributed by atoms with E-state index in [1.165, 1.54) is 93.7 Å². The van der Waals surface area contributed by atoms with Gasteiger partial charge in [-0.2, -0.15) is 0 Å². The fourth-order valence-corrected chi connectivity index (χ4v) is 12.4. The molecule has 14 rings (SSSR count). The standard InChI is InChI=1S/C63H44N2/c1-3-17-48-43(14-1)16-13-27-60(48)64(47-37-39-53-52-21-7-11-25-58(52)63(59(53)40-47)56-23-9-5-19-50(56)51-20-6-10-24-57(51)63)45-33-28-41(29-34-45)42-30-35-46(36-31-42)65-61-26-12-8-22-54(61)55-38-32-44-15-2-4-18-49(44)62(55)65/h1-10,12-19,21-24,26-40,51H,11,20,25H2. The molecule has 10 aromatic rings. The van der Waals surface area contributed by atoms with Crippen LogP contribution in [-0.2, 0) is 5.41 Å². The zero-order valence-electron chi connectivity index (χ0n) is 36.0. The predicted molar refractivity (Wildman–Crippen MR) is 273 cm³/mol. The number of para-hydroxylation sites is 1. The fourth-order valence-electron chi connectivity index (χ4n) is 12.4. The summed E-state index contributed by atoms with van der Waals surface area (Å²) in [6, 6.07) is 72.6. The van der Waals surface area contributed by atoms with E-state index in [-0.39, 0.29) is 5.41 Å². The molecule has 9 aromatic carbocycles. The van der Waals surface area contributed by atoms with Gasteiger partial charge in [-0.25, -0.2) is 0 Å². The summed E-state index contributed by atoms with van der Waals surface area (Å²) in [6.07, 6.45) is 15.1. The number of allylic oxidation sites excluding steroid dienone is 8. The molecule has 0 N–H and O–H groups in total. The molecule has 1 spiro atoms. The largest absolute Gasteiger partial charge is 0.310 e. The molecule has 65 heavy (non-hydrogen) atoms. The Labute approximate surface area is 379 Å². The van der Waals surface area contributed by atoms with Gasteiger partial charge in [-0.3, -0.25) is 0 Å².